The van der Waals surface area contributed by atoms with Crippen LogP contribution in [-0.4, -0.2) is 32.3 Å². The van der Waals surface area contributed by atoms with E-state index in [1.807, 2.05) is 0 Å². The molecule has 1 fully saturated rings. The summed E-state index contributed by atoms with van der Waals surface area (Å²) in [4.78, 5) is 15.2. The molecule has 1 amide bonds. The van der Waals surface area contributed by atoms with E-state index in [-0.39, 0.29) is 27.4 Å². The molecule has 1 heterocycles. The first-order chi connectivity index (χ1) is 16.7. The maximum Gasteiger partial charge on any atom is 0.261 e. The van der Waals surface area contributed by atoms with E-state index in [1.54, 1.807) is 18.2 Å². The van der Waals surface area contributed by atoms with Gasteiger partial charge in [-0.25, -0.2) is 8.42 Å². The molecule has 184 valence electrons. The molecule has 6 nitrogen and oxygen atoms in total. The van der Waals surface area contributed by atoms with Crippen molar-refractivity contribution in [2.24, 2.45) is 5.92 Å². The Hall–Kier alpha value is -2.58. The summed E-state index contributed by atoms with van der Waals surface area (Å²) >= 11 is 11.9. The summed E-state index contributed by atoms with van der Waals surface area (Å²) in [7, 11) is -3.84. The van der Waals surface area contributed by atoms with E-state index in [0.717, 1.165) is 32.5 Å². The number of nitrogens with zero attached hydrogens (tertiary/aromatic N) is 1. The second kappa shape index (κ2) is 11.0. The first-order valence-electron chi connectivity index (χ1n) is 11.4. The lowest BCUT2D eigenvalue weighted by Gasteiger charge is -2.31. The van der Waals surface area contributed by atoms with Crippen LogP contribution >= 0.6 is 23.2 Å². The maximum absolute atomic E-state index is 12.8. The highest BCUT2D eigenvalue weighted by molar-refractivity contribution is 7.92. The average Bonchev–Trinajstić information content (AvgIpc) is 2.83. The van der Waals surface area contributed by atoms with Crippen LogP contribution in [0.25, 0.3) is 0 Å². The number of aryl methyl sites for hydroxylation is 1. The van der Waals surface area contributed by atoms with Gasteiger partial charge in [0, 0.05) is 23.2 Å². The molecule has 0 saturated carbocycles. The van der Waals surface area contributed by atoms with Crippen LogP contribution in [0.1, 0.15) is 24.0 Å². The number of benzene rings is 3. The molecule has 3 aromatic rings. The van der Waals surface area contributed by atoms with Crippen LogP contribution in [0.2, 0.25) is 10.0 Å². The van der Waals surface area contributed by atoms with Gasteiger partial charge in [-0.05, 0) is 80.9 Å². The number of amides is 1. The zero-order valence-electron chi connectivity index (χ0n) is 19.3. The van der Waals surface area contributed by atoms with Crippen molar-refractivity contribution in [1.82, 2.24) is 4.90 Å². The van der Waals surface area contributed by atoms with Crippen LogP contribution in [0.5, 0.6) is 0 Å². The summed E-state index contributed by atoms with van der Waals surface area (Å²) in [6.07, 6.45) is 1.58. The van der Waals surface area contributed by atoms with Gasteiger partial charge >= 0.3 is 0 Å². The van der Waals surface area contributed by atoms with E-state index < -0.39 is 10.0 Å². The summed E-state index contributed by atoms with van der Waals surface area (Å²) in [5.74, 6) is -0.108. The molecule has 0 aromatic heterocycles. The van der Waals surface area contributed by atoms with Gasteiger partial charge in [-0.1, -0.05) is 53.0 Å². The summed E-state index contributed by atoms with van der Waals surface area (Å²) in [6, 6.07) is 19.1. The lowest BCUT2D eigenvalue weighted by Crippen LogP contribution is -2.37. The van der Waals surface area contributed by atoms with Gasteiger partial charge in [0.25, 0.3) is 10.0 Å². The van der Waals surface area contributed by atoms with Gasteiger partial charge < -0.3 is 5.32 Å². The molecule has 1 saturated heterocycles. The molecule has 0 unspecified atom stereocenters. The zero-order chi connectivity index (χ0) is 25.0. The van der Waals surface area contributed by atoms with Crippen LogP contribution in [0.4, 0.5) is 11.4 Å². The zero-order valence-corrected chi connectivity index (χ0v) is 21.6. The number of piperidine rings is 1. The third-order valence-electron chi connectivity index (χ3n) is 6.09. The molecule has 1 aliphatic rings. The normalized spacial score (nSPS) is 15.1. The molecule has 0 spiro atoms. The molecule has 1 aliphatic heterocycles. The van der Waals surface area contributed by atoms with Crippen molar-refractivity contribution in [3.05, 3.63) is 87.9 Å². The Bertz CT molecular complexity index is 1290. The average molecular weight is 532 g/mol. The van der Waals surface area contributed by atoms with E-state index in [2.05, 4.69) is 46.1 Å². The minimum atomic E-state index is -3.84. The molecule has 9 heteroatoms. The van der Waals surface area contributed by atoms with Crippen molar-refractivity contribution >= 4 is 50.5 Å². The maximum atomic E-state index is 12.8. The number of likely N-dealkylation sites (tertiary alicyclic amines) is 1. The second-order valence-corrected chi connectivity index (χ2v) is 11.3. The van der Waals surface area contributed by atoms with Gasteiger partial charge in [0.05, 0.1) is 15.6 Å². The van der Waals surface area contributed by atoms with Crippen LogP contribution in [0.15, 0.2) is 71.6 Å². The minimum absolute atomic E-state index is 0.0401. The molecule has 0 atom stereocenters. The Labute approximate surface area is 216 Å². The number of halogens is 2. The minimum Gasteiger partial charge on any atom is -0.326 e. The standard InChI is InChI=1S/C26H27Cl2N3O3S/c1-18-2-4-19(5-3-18)17-31-14-12-20(13-15-31)26(32)29-22-7-9-23(10-8-22)35(33,34)30-25-11-6-21(27)16-24(25)28/h2-11,16,20,30H,12-15,17H2,1H3,(H,29,32). The molecule has 2 N–H and O–H groups in total. The van der Waals surface area contributed by atoms with Gasteiger partial charge in [0.1, 0.15) is 0 Å². The number of anilines is 2. The summed E-state index contributed by atoms with van der Waals surface area (Å²) in [5.41, 5.74) is 3.32. The monoisotopic (exact) mass is 531 g/mol. The van der Waals surface area contributed by atoms with E-state index in [1.165, 1.54) is 35.4 Å². The SMILES string of the molecule is Cc1ccc(CN2CCC(C(=O)Nc3ccc(S(=O)(=O)Nc4ccc(Cl)cc4Cl)cc3)CC2)cc1. The molecule has 4 rings (SSSR count). The highest BCUT2D eigenvalue weighted by Gasteiger charge is 2.25. The van der Waals surface area contributed by atoms with E-state index in [4.69, 9.17) is 23.2 Å². The molecule has 35 heavy (non-hydrogen) atoms. The first-order valence-corrected chi connectivity index (χ1v) is 13.6. The molecular formula is C26H27Cl2N3O3S. The number of nitrogens with one attached hydrogen (secondary N) is 2. The van der Waals surface area contributed by atoms with Gasteiger partial charge in [-0.3, -0.25) is 14.4 Å². The Balaban J connectivity index is 1.30. The molecule has 0 radical (unpaired) electrons. The Kier molecular flexibility index (Phi) is 8.02. The Morgan fingerprint density at radius 2 is 1.63 bits per heavy atom. The summed E-state index contributed by atoms with van der Waals surface area (Å²) in [6.45, 7) is 4.69. The third-order valence-corrected chi connectivity index (χ3v) is 8.02. The highest BCUT2D eigenvalue weighted by atomic mass is 35.5. The summed E-state index contributed by atoms with van der Waals surface area (Å²) < 4.78 is 27.9. The topological polar surface area (TPSA) is 78.5 Å². The van der Waals surface area contributed by atoms with Crippen LogP contribution in [-0.2, 0) is 21.4 Å². The van der Waals surface area contributed by atoms with E-state index in [0.29, 0.717) is 10.7 Å². The highest BCUT2D eigenvalue weighted by Crippen LogP contribution is 2.28. The van der Waals surface area contributed by atoms with Crippen molar-refractivity contribution in [2.45, 2.75) is 31.2 Å². The van der Waals surface area contributed by atoms with Crippen LogP contribution in [0, 0.1) is 12.8 Å². The number of hydrogen-bond acceptors (Lipinski definition) is 4. The van der Waals surface area contributed by atoms with Crippen LogP contribution < -0.4 is 10.0 Å². The molecule has 0 aliphatic carbocycles. The van der Waals surface area contributed by atoms with Crippen molar-refractivity contribution in [2.75, 3.05) is 23.1 Å². The fourth-order valence-electron chi connectivity index (χ4n) is 4.04. The van der Waals surface area contributed by atoms with Gasteiger partial charge in [0.2, 0.25) is 5.91 Å². The van der Waals surface area contributed by atoms with Gasteiger partial charge in [-0.2, -0.15) is 0 Å². The Morgan fingerprint density at radius 3 is 2.26 bits per heavy atom. The quantitative estimate of drug-likeness (QED) is 0.394. The molecule has 0 bridgehead atoms. The van der Waals surface area contributed by atoms with Crippen molar-refractivity contribution < 1.29 is 13.2 Å². The van der Waals surface area contributed by atoms with E-state index >= 15 is 0 Å². The largest absolute Gasteiger partial charge is 0.326 e. The predicted octanol–water partition coefficient (Wildman–Crippen LogP) is 5.95. The fraction of sp³-hybridized carbons (Fsp3) is 0.269. The van der Waals surface area contributed by atoms with Crippen molar-refractivity contribution in [3.63, 3.8) is 0 Å². The first kappa shape index (κ1) is 25.5. The smallest absolute Gasteiger partial charge is 0.261 e. The van der Waals surface area contributed by atoms with Crippen molar-refractivity contribution in [3.8, 4) is 0 Å². The van der Waals surface area contributed by atoms with Crippen LogP contribution in [0.3, 0.4) is 0 Å². The Morgan fingerprint density at radius 1 is 0.971 bits per heavy atom. The molecular weight excluding hydrogens is 505 g/mol. The number of sulfonamides is 1. The van der Waals surface area contributed by atoms with Gasteiger partial charge in [0.15, 0.2) is 0 Å². The fourth-order valence-corrected chi connectivity index (χ4v) is 5.63. The summed E-state index contributed by atoms with van der Waals surface area (Å²) in [5, 5.41) is 3.53. The third kappa shape index (κ3) is 6.76. The number of rotatable bonds is 7. The lowest BCUT2D eigenvalue weighted by atomic mass is 9.95. The number of carbonyl (C=O) groups is 1. The second-order valence-electron chi connectivity index (χ2n) is 8.78. The lowest BCUT2D eigenvalue weighted by molar-refractivity contribution is -0.121. The van der Waals surface area contributed by atoms with E-state index in [9.17, 15) is 13.2 Å². The molecule has 3 aromatic carbocycles. The van der Waals surface area contributed by atoms with Gasteiger partial charge in [-0.15, -0.1) is 0 Å². The number of carbonyl (C=O) groups excluding carboxylic acids is 1. The number of hydrogen-bond donors (Lipinski definition) is 2. The van der Waals surface area contributed by atoms with Crippen molar-refractivity contribution in [1.29, 1.82) is 0 Å². The predicted molar refractivity (Wildman–Crippen MR) is 142 cm³/mol.